The number of carbonyl (C=O) groups is 8. The van der Waals surface area contributed by atoms with Crippen molar-refractivity contribution < 1.29 is 94.1 Å². The fourth-order valence-corrected chi connectivity index (χ4v) is 6.53. The topological polar surface area (TPSA) is 289 Å². The van der Waals surface area contributed by atoms with Crippen LogP contribution in [0.5, 0.6) is 0 Å². The van der Waals surface area contributed by atoms with E-state index in [1.807, 2.05) is 0 Å². The molecule has 2 heterocycles. The maximum Gasteiger partial charge on any atom is 0.303 e. The summed E-state index contributed by atoms with van der Waals surface area (Å²) in [5.74, 6) is -9.46. The highest BCUT2D eigenvalue weighted by Gasteiger charge is 2.59. The number of primary amides is 1. The summed E-state index contributed by atoms with van der Waals surface area (Å²) in [6.45, 7) is 5.26. The van der Waals surface area contributed by atoms with E-state index in [0.717, 1.165) is 48.5 Å². The van der Waals surface area contributed by atoms with Crippen LogP contribution in [0.2, 0.25) is 0 Å². The van der Waals surface area contributed by atoms with Crippen LogP contribution in [0.4, 0.5) is 0 Å². The molecule has 0 bridgehead atoms. The van der Waals surface area contributed by atoms with E-state index in [1.165, 1.54) is 0 Å². The maximum absolute atomic E-state index is 13.3. The molecule has 0 aromatic rings. The van der Waals surface area contributed by atoms with Crippen LogP contribution >= 0.6 is 0 Å². The van der Waals surface area contributed by atoms with Gasteiger partial charge in [0.05, 0.1) is 0 Å². The minimum Gasteiger partial charge on any atom is -0.463 e. The monoisotopic (exact) mass is 741 g/mol. The predicted octanol–water partition coefficient (Wildman–Crippen LogP) is -2.49. The lowest BCUT2D eigenvalue weighted by molar-refractivity contribution is -0.341. The zero-order valence-electron chi connectivity index (χ0n) is 28.0. The predicted molar refractivity (Wildman–Crippen MR) is 156 cm³/mol. The molecular weight excluding hydrogens is 702 g/mol. The number of hydrogen-bond donors (Lipinski definition) is 1. The third kappa shape index (κ3) is 12.2. The lowest BCUT2D eigenvalue weighted by Gasteiger charge is -2.48. The molecule has 2 unspecified atom stereocenters. The number of carbonyl (C=O) groups excluding carboxylic acids is 8. The van der Waals surface area contributed by atoms with Gasteiger partial charge in [-0.05, 0) is 0 Å². The van der Waals surface area contributed by atoms with Gasteiger partial charge in [0.15, 0.2) is 52.1 Å². The SMILES string of the molecule is CC(=O)OC[C@H]1O[C@@H](S(=O)(=O)CC(N)=O)[C@H](OC(C)=O)[C@@H](OC(C)=O)[C@@H]1O[C@@H]1O[C@H](COC(C)=O)[C@@H](OC(C)=O)C(OC(C)=O)C1OC(C)=O. The van der Waals surface area contributed by atoms with Crippen LogP contribution in [-0.2, 0) is 95.6 Å². The van der Waals surface area contributed by atoms with Gasteiger partial charge in [0.2, 0.25) is 5.91 Å². The molecular formula is C28H39NO20S. The first-order chi connectivity index (χ1) is 23.1. The minimum atomic E-state index is -4.78. The van der Waals surface area contributed by atoms with Crippen molar-refractivity contribution in [2.45, 2.75) is 109 Å². The van der Waals surface area contributed by atoms with E-state index in [1.54, 1.807) is 0 Å². The number of sulfone groups is 1. The second kappa shape index (κ2) is 18.0. The molecule has 2 N–H and O–H groups in total. The van der Waals surface area contributed by atoms with E-state index in [-0.39, 0.29) is 0 Å². The number of rotatable bonds is 14. The summed E-state index contributed by atoms with van der Waals surface area (Å²) in [7, 11) is -4.78. The van der Waals surface area contributed by atoms with Crippen molar-refractivity contribution in [2.24, 2.45) is 5.73 Å². The van der Waals surface area contributed by atoms with E-state index in [0.29, 0.717) is 0 Å². The number of amides is 1. The third-order valence-corrected chi connectivity index (χ3v) is 8.36. The molecule has 50 heavy (non-hydrogen) atoms. The lowest BCUT2D eigenvalue weighted by atomic mass is 9.96. The summed E-state index contributed by atoms with van der Waals surface area (Å²) in [5.41, 5.74) is 2.85. The quantitative estimate of drug-likeness (QED) is 0.142. The van der Waals surface area contributed by atoms with Gasteiger partial charge in [0, 0.05) is 48.5 Å². The van der Waals surface area contributed by atoms with Crippen molar-refractivity contribution in [3.05, 3.63) is 0 Å². The van der Waals surface area contributed by atoms with E-state index in [2.05, 4.69) is 0 Å². The van der Waals surface area contributed by atoms with Gasteiger partial charge in [-0.3, -0.25) is 38.4 Å². The smallest absolute Gasteiger partial charge is 0.303 e. The molecule has 0 saturated carbocycles. The van der Waals surface area contributed by atoms with Crippen LogP contribution in [-0.4, -0.2) is 136 Å². The molecule has 22 heteroatoms. The Morgan fingerprint density at radius 1 is 0.520 bits per heavy atom. The van der Waals surface area contributed by atoms with Gasteiger partial charge >= 0.3 is 41.8 Å². The van der Waals surface area contributed by atoms with Crippen LogP contribution in [0.3, 0.4) is 0 Å². The standard InChI is InChI=1S/C28H39NO20S/c1-11(30)40-8-18-21(42-13(3)32)23(43-14(4)33)25(45-16(6)35)27(47-18)49-22-19(9-41-12(2)31)48-28(50(38,39)10-20(29)37)26(46-17(7)36)24(22)44-15(5)34/h18-19,21-28H,8-10H2,1-7H3,(H2,29,37)/t18-,19-,21-,22-,23?,24+,25?,26-,27+,28+/m1/s1. The highest BCUT2D eigenvalue weighted by molar-refractivity contribution is 7.92. The van der Waals surface area contributed by atoms with Crippen LogP contribution in [0.25, 0.3) is 0 Å². The third-order valence-electron chi connectivity index (χ3n) is 6.58. The van der Waals surface area contributed by atoms with Crippen LogP contribution in [0, 0.1) is 0 Å². The Bertz CT molecular complexity index is 1430. The Labute approximate surface area is 285 Å². The highest BCUT2D eigenvalue weighted by Crippen LogP contribution is 2.36. The molecule has 2 aliphatic rings. The summed E-state index contributed by atoms with van der Waals surface area (Å²) < 4.78 is 81.1. The highest BCUT2D eigenvalue weighted by atomic mass is 32.2. The Morgan fingerprint density at radius 3 is 1.32 bits per heavy atom. The van der Waals surface area contributed by atoms with Crippen molar-refractivity contribution in [1.29, 1.82) is 0 Å². The van der Waals surface area contributed by atoms with E-state index in [9.17, 15) is 46.8 Å². The number of hydrogen-bond acceptors (Lipinski definition) is 20. The van der Waals surface area contributed by atoms with Gasteiger partial charge in [-0.2, -0.15) is 0 Å². The van der Waals surface area contributed by atoms with Gasteiger partial charge in [-0.15, -0.1) is 0 Å². The molecule has 10 atom stereocenters. The normalized spacial score (nSPS) is 29.3. The second-order valence-corrected chi connectivity index (χ2v) is 13.0. The molecule has 21 nitrogen and oxygen atoms in total. The van der Waals surface area contributed by atoms with Crippen molar-refractivity contribution >= 4 is 57.5 Å². The minimum absolute atomic E-state index is 0.660. The fourth-order valence-electron chi connectivity index (χ4n) is 5.04. The zero-order valence-corrected chi connectivity index (χ0v) is 28.9. The second-order valence-electron chi connectivity index (χ2n) is 10.9. The van der Waals surface area contributed by atoms with Gasteiger partial charge in [-0.25, -0.2) is 8.42 Å². The summed E-state index contributed by atoms with van der Waals surface area (Å²) in [5, 5.41) is 0. The molecule has 0 aromatic carbocycles. The average molecular weight is 742 g/mol. The Kier molecular flexibility index (Phi) is 15.0. The van der Waals surface area contributed by atoms with E-state index >= 15 is 0 Å². The summed E-state index contributed by atoms with van der Waals surface area (Å²) in [4.78, 5) is 96.4. The zero-order chi connectivity index (χ0) is 38.1. The molecule has 2 aliphatic heterocycles. The Morgan fingerprint density at radius 2 is 0.900 bits per heavy atom. The maximum atomic E-state index is 13.3. The van der Waals surface area contributed by atoms with Crippen molar-refractivity contribution in [1.82, 2.24) is 0 Å². The molecule has 0 aromatic heterocycles. The van der Waals surface area contributed by atoms with Gasteiger partial charge in [-0.1, -0.05) is 0 Å². The molecule has 282 valence electrons. The molecule has 2 rings (SSSR count). The molecule has 1 amide bonds. The molecule has 0 radical (unpaired) electrons. The summed E-state index contributed by atoms with van der Waals surface area (Å²) >= 11 is 0. The lowest BCUT2D eigenvalue weighted by Crippen LogP contribution is -2.68. The summed E-state index contributed by atoms with van der Waals surface area (Å²) in [6, 6.07) is 0. The first-order valence-electron chi connectivity index (χ1n) is 14.7. The van der Waals surface area contributed by atoms with Crippen LogP contribution < -0.4 is 5.73 Å². The average Bonchev–Trinajstić information content (AvgIpc) is 2.94. The van der Waals surface area contributed by atoms with Gasteiger partial charge < -0.3 is 53.1 Å². The number of nitrogens with two attached hydrogens (primary N) is 1. The Balaban J connectivity index is 2.82. The van der Waals surface area contributed by atoms with Crippen molar-refractivity contribution in [3.63, 3.8) is 0 Å². The number of esters is 7. The Hall–Kier alpha value is -4.41. The molecule has 0 spiro atoms. The largest absolute Gasteiger partial charge is 0.463 e. The van der Waals surface area contributed by atoms with Crippen molar-refractivity contribution in [2.75, 3.05) is 19.0 Å². The first kappa shape index (κ1) is 41.8. The van der Waals surface area contributed by atoms with Crippen LogP contribution in [0.15, 0.2) is 0 Å². The van der Waals surface area contributed by atoms with Crippen molar-refractivity contribution in [3.8, 4) is 0 Å². The number of ether oxygens (including phenoxy) is 10. The summed E-state index contributed by atoms with van der Waals surface area (Å²) in [6.07, 6.45) is -16.3. The molecule has 2 fully saturated rings. The van der Waals surface area contributed by atoms with Crippen LogP contribution in [0.1, 0.15) is 48.5 Å². The van der Waals surface area contributed by atoms with E-state index < -0.39 is 137 Å². The van der Waals surface area contributed by atoms with Gasteiger partial charge in [0.25, 0.3) is 0 Å². The first-order valence-corrected chi connectivity index (χ1v) is 16.4. The van der Waals surface area contributed by atoms with E-state index in [4.69, 9.17) is 53.1 Å². The van der Waals surface area contributed by atoms with Gasteiger partial charge in [0.1, 0.15) is 37.3 Å². The fraction of sp³-hybridized carbons (Fsp3) is 0.714. The molecule has 2 saturated heterocycles. The molecule has 0 aliphatic carbocycles.